The maximum absolute atomic E-state index is 13.8. The van der Waals surface area contributed by atoms with E-state index in [1.54, 1.807) is 0 Å². The largest absolute Gasteiger partial charge is 0.436 e. The van der Waals surface area contributed by atoms with Gasteiger partial charge in [-0.25, -0.2) is 17.6 Å². The average molecular weight is 514 g/mol. The van der Waals surface area contributed by atoms with Crippen LogP contribution in [0.5, 0.6) is 0 Å². The van der Waals surface area contributed by atoms with Gasteiger partial charge in [-0.15, -0.1) is 0 Å². The standard InChI is InChI=1S/C17H11BrF7N5O/c1-7-13(18)16(17(23,24)25)28-30(7)6-12(31)27-8-3-26-29(4-8)5-9-10(19)2-11(20)15(22)14(9)21/h2-4H,5-6H2,1H3,(H,27,31). The van der Waals surface area contributed by atoms with Gasteiger partial charge in [-0.3, -0.25) is 14.2 Å². The molecule has 0 fully saturated rings. The lowest BCUT2D eigenvalue weighted by atomic mass is 10.2. The maximum Gasteiger partial charge on any atom is 0.436 e. The predicted molar refractivity (Wildman–Crippen MR) is 95.9 cm³/mol. The molecular formula is C17H11BrF7N5O. The molecule has 31 heavy (non-hydrogen) atoms. The van der Waals surface area contributed by atoms with Crippen molar-refractivity contribution in [3.63, 3.8) is 0 Å². The molecule has 0 aliphatic heterocycles. The highest BCUT2D eigenvalue weighted by molar-refractivity contribution is 9.10. The van der Waals surface area contributed by atoms with Crippen molar-refractivity contribution in [3.8, 4) is 0 Å². The SMILES string of the molecule is Cc1c(Br)c(C(F)(F)F)nn1CC(=O)Nc1cnn(Cc2c(F)cc(F)c(F)c2F)c1. The average Bonchev–Trinajstić information content (AvgIpc) is 3.22. The van der Waals surface area contributed by atoms with Gasteiger partial charge in [0.25, 0.3) is 0 Å². The topological polar surface area (TPSA) is 64.7 Å². The molecule has 0 bridgehead atoms. The fraction of sp³-hybridized carbons (Fsp3) is 0.235. The lowest BCUT2D eigenvalue weighted by Crippen LogP contribution is -2.20. The summed E-state index contributed by atoms with van der Waals surface area (Å²) in [5, 5.41) is 9.46. The van der Waals surface area contributed by atoms with Gasteiger partial charge in [-0.1, -0.05) is 0 Å². The summed E-state index contributed by atoms with van der Waals surface area (Å²) in [6.45, 7) is 0.172. The van der Waals surface area contributed by atoms with E-state index in [2.05, 4.69) is 31.4 Å². The van der Waals surface area contributed by atoms with Crippen molar-refractivity contribution >= 4 is 27.5 Å². The van der Waals surface area contributed by atoms with Gasteiger partial charge in [-0.2, -0.15) is 23.4 Å². The first-order valence-electron chi connectivity index (χ1n) is 8.32. The third-order valence-corrected chi connectivity index (χ3v) is 5.09. The molecule has 0 aliphatic carbocycles. The monoisotopic (exact) mass is 513 g/mol. The van der Waals surface area contributed by atoms with Gasteiger partial charge in [0.15, 0.2) is 23.1 Å². The van der Waals surface area contributed by atoms with Crippen LogP contribution in [0.4, 0.5) is 36.4 Å². The number of halogens is 8. The Bertz CT molecular complexity index is 1150. The zero-order valence-corrected chi connectivity index (χ0v) is 17.0. The van der Waals surface area contributed by atoms with Gasteiger partial charge in [0.05, 0.1) is 28.6 Å². The van der Waals surface area contributed by atoms with Crippen LogP contribution in [0.2, 0.25) is 0 Å². The summed E-state index contributed by atoms with van der Waals surface area (Å²) in [7, 11) is 0. The van der Waals surface area contributed by atoms with E-state index in [1.807, 2.05) is 0 Å². The van der Waals surface area contributed by atoms with Crippen molar-refractivity contribution in [2.75, 3.05) is 5.32 Å². The van der Waals surface area contributed by atoms with E-state index in [0.29, 0.717) is 0 Å². The van der Waals surface area contributed by atoms with Crippen molar-refractivity contribution in [1.29, 1.82) is 0 Å². The molecular weight excluding hydrogens is 503 g/mol. The van der Waals surface area contributed by atoms with Gasteiger partial charge in [0.1, 0.15) is 12.4 Å². The first kappa shape index (κ1) is 22.8. The molecule has 3 rings (SSSR count). The third kappa shape index (κ3) is 4.73. The molecule has 0 saturated heterocycles. The van der Waals surface area contributed by atoms with Crippen LogP contribution in [-0.2, 0) is 24.1 Å². The number of amides is 1. The van der Waals surface area contributed by atoms with Gasteiger partial charge >= 0.3 is 6.18 Å². The number of alkyl halides is 3. The Morgan fingerprint density at radius 1 is 1.16 bits per heavy atom. The number of carbonyl (C=O) groups excluding carboxylic acids is 1. The molecule has 14 heteroatoms. The number of anilines is 1. The Hall–Kier alpha value is -2.90. The van der Waals surface area contributed by atoms with E-state index in [4.69, 9.17) is 0 Å². The van der Waals surface area contributed by atoms with Gasteiger partial charge < -0.3 is 5.32 Å². The first-order chi connectivity index (χ1) is 14.4. The number of hydrogen-bond donors (Lipinski definition) is 1. The zero-order chi connectivity index (χ0) is 23.1. The number of nitrogens with zero attached hydrogens (tertiary/aromatic N) is 4. The quantitative estimate of drug-likeness (QED) is 0.312. The summed E-state index contributed by atoms with van der Waals surface area (Å²) in [5.74, 6) is -7.30. The maximum atomic E-state index is 13.8. The molecule has 1 aromatic carbocycles. The predicted octanol–water partition coefficient (Wildman–Crippen LogP) is 4.41. The number of carbonyl (C=O) groups is 1. The van der Waals surface area contributed by atoms with E-state index in [0.717, 1.165) is 21.8 Å². The molecule has 6 nitrogen and oxygen atoms in total. The molecule has 1 amide bonds. The van der Waals surface area contributed by atoms with E-state index >= 15 is 0 Å². The fourth-order valence-electron chi connectivity index (χ4n) is 2.62. The summed E-state index contributed by atoms with van der Waals surface area (Å²) in [6, 6.07) is 0.194. The second-order valence-corrected chi connectivity index (χ2v) is 7.12. The lowest BCUT2D eigenvalue weighted by Gasteiger charge is -2.07. The van der Waals surface area contributed by atoms with E-state index in [9.17, 15) is 35.5 Å². The first-order valence-corrected chi connectivity index (χ1v) is 9.12. The van der Waals surface area contributed by atoms with E-state index in [-0.39, 0.29) is 21.9 Å². The molecule has 3 aromatic rings. The Labute approximate surface area is 177 Å². The Morgan fingerprint density at radius 3 is 2.45 bits per heavy atom. The molecule has 0 saturated carbocycles. The second-order valence-electron chi connectivity index (χ2n) is 6.32. The summed E-state index contributed by atoms with van der Waals surface area (Å²) in [5.41, 5.74) is -1.84. The Kier molecular flexibility index (Phi) is 6.11. The molecule has 166 valence electrons. The number of aromatic nitrogens is 4. The fourth-order valence-corrected chi connectivity index (χ4v) is 3.13. The summed E-state index contributed by atoms with van der Waals surface area (Å²) in [4.78, 5) is 12.1. The van der Waals surface area contributed by atoms with Crippen molar-refractivity contribution in [2.24, 2.45) is 0 Å². The van der Waals surface area contributed by atoms with E-state index < -0.39 is 59.7 Å². The minimum absolute atomic E-state index is 0.0494. The zero-order valence-electron chi connectivity index (χ0n) is 15.4. The molecule has 0 atom stereocenters. The van der Waals surface area contributed by atoms with Crippen molar-refractivity contribution in [2.45, 2.75) is 26.2 Å². The molecule has 0 unspecified atom stereocenters. The van der Waals surface area contributed by atoms with Gasteiger partial charge in [0.2, 0.25) is 5.91 Å². The molecule has 0 aliphatic rings. The smallest absolute Gasteiger partial charge is 0.322 e. The highest BCUT2D eigenvalue weighted by atomic mass is 79.9. The molecule has 2 heterocycles. The van der Waals surface area contributed by atoms with Gasteiger partial charge in [-0.05, 0) is 22.9 Å². The van der Waals surface area contributed by atoms with Crippen LogP contribution in [0.25, 0.3) is 0 Å². The molecule has 0 radical (unpaired) electrons. The van der Waals surface area contributed by atoms with Crippen molar-refractivity contribution in [1.82, 2.24) is 19.6 Å². The Balaban J connectivity index is 1.71. The minimum atomic E-state index is -4.71. The highest BCUT2D eigenvalue weighted by Gasteiger charge is 2.38. The van der Waals surface area contributed by atoms with Crippen LogP contribution in [0.3, 0.4) is 0 Å². The highest BCUT2D eigenvalue weighted by Crippen LogP contribution is 2.35. The van der Waals surface area contributed by atoms with Crippen molar-refractivity contribution < 1.29 is 35.5 Å². The number of benzene rings is 1. The molecule has 2 aromatic heterocycles. The van der Waals surface area contributed by atoms with E-state index in [1.165, 1.54) is 6.92 Å². The number of rotatable bonds is 5. The molecule has 1 N–H and O–H groups in total. The summed E-state index contributed by atoms with van der Waals surface area (Å²) >= 11 is 2.79. The summed E-state index contributed by atoms with van der Waals surface area (Å²) in [6.07, 6.45) is -2.47. The van der Waals surface area contributed by atoms with Crippen molar-refractivity contribution in [3.05, 3.63) is 63.2 Å². The van der Waals surface area contributed by atoms with Crippen LogP contribution in [0.1, 0.15) is 17.0 Å². The summed E-state index contributed by atoms with van der Waals surface area (Å²) < 4.78 is 94.0. The minimum Gasteiger partial charge on any atom is -0.322 e. The van der Waals surface area contributed by atoms with Crippen LogP contribution < -0.4 is 5.32 Å². The number of nitrogens with one attached hydrogen (secondary N) is 1. The second kappa shape index (κ2) is 8.32. The van der Waals surface area contributed by atoms with Crippen LogP contribution in [0, 0.1) is 30.2 Å². The Morgan fingerprint density at radius 2 is 1.84 bits per heavy atom. The molecule has 0 spiro atoms. The van der Waals surface area contributed by atoms with Gasteiger partial charge in [0, 0.05) is 17.8 Å². The van der Waals surface area contributed by atoms with Crippen LogP contribution in [0.15, 0.2) is 22.9 Å². The normalized spacial score (nSPS) is 11.8. The number of hydrogen-bond acceptors (Lipinski definition) is 3. The lowest BCUT2D eigenvalue weighted by molar-refractivity contribution is -0.142. The van der Waals surface area contributed by atoms with Crippen LogP contribution >= 0.6 is 15.9 Å². The third-order valence-electron chi connectivity index (χ3n) is 4.14. The van der Waals surface area contributed by atoms with Crippen LogP contribution in [-0.4, -0.2) is 25.5 Å².